The van der Waals surface area contributed by atoms with Gasteiger partial charge in [-0.1, -0.05) is 0 Å². The molecule has 15 heavy (non-hydrogen) atoms. The maximum atomic E-state index is 10.3. The van der Waals surface area contributed by atoms with Gasteiger partial charge in [-0.15, -0.1) is 0 Å². The monoisotopic (exact) mass is 209 g/mol. The van der Waals surface area contributed by atoms with Crippen LogP contribution >= 0.6 is 0 Å². The Kier molecular flexibility index (Phi) is 4.15. The Bertz CT molecular complexity index is 334. The molecule has 0 unspecified atom stereocenters. The highest BCUT2D eigenvalue weighted by molar-refractivity contribution is 5.74. The average Bonchev–Trinajstić information content (AvgIpc) is 2.25. The van der Waals surface area contributed by atoms with Crippen LogP contribution in [0.3, 0.4) is 0 Å². The molecule has 0 aliphatic rings. The first kappa shape index (κ1) is 11.0. The van der Waals surface area contributed by atoms with E-state index >= 15 is 0 Å². The number of benzene rings is 1. The lowest BCUT2D eigenvalue weighted by atomic mass is 10.2. The first-order chi connectivity index (χ1) is 7.22. The summed E-state index contributed by atoms with van der Waals surface area (Å²) < 4.78 is 5.21. The number of ether oxygens (including phenoxy) is 1. The van der Waals surface area contributed by atoms with Gasteiger partial charge in [-0.3, -0.25) is 4.79 Å². The SMILES string of the molecule is O=Cc1ccc(OCCNC(=O)O)cc1. The van der Waals surface area contributed by atoms with E-state index in [9.17, 15) is 9.59 Å². The number of aldehydes is 1. The van der Waals surface area contributed by atoms with E-state index in [1.165, 1.54) is 0 Å². The molecular weight excluding hydrogens is 198 g/mol. The molecule has 2 N–H and O–H groups in total. The van der Waals surface area contributed by atoms with Crippen molar-refractivity contribution in [1.82, 2.24) is 5.32 Å². The van der Waals surface area contributed by atoms with Crippen molar-refractivity contribution >= 4 is 12.4 Å². The molecule has 1 aromatic rings. The second kappa shape index (κ2) is 5.64. The van der Waals surface area contributed by atoms with Crippen LogP contribution in [0.4, 0.5) is 4.79 Å². The van der Waals surface area contributed by atoms with Gasteiger partial charge in [0.2, 0.25) is 0 Å². The van der Waals surface area contributed by atoms with Gasteiger partial charge in [0.1, 0.15) is 18.6 Å². The number of rotatable bonds is 5. The van der Waals surface area contributed by atoms with Crippen LogP contribution in [0, 0.1) is 0 Å². The first-order valence-corrected chi connectivity index (χ1v) is 4.37. The third kappa shape index (κ3) is 4.12. The minimum Gasteiger partial charge on any atom is -0.492 e. The molecule has 0 atom stereocenters. The van der Waals surface area contributed by atoms with Crippen LogP contribution in [-0.2, 0) is 0 Å². The fraction of sp³-hybridized carbons (Fsp3) is 0.200. The van der Waals surface area contributed by atoms with E-state index < -0.39 is 6.09 Å². The number of amides is 1. The zero-order chi connectivity index (χ0) is 11.1. The molecule has 5 heteroatoms. The third-order valence-electron chi connectivity index (χ3n) is 1.66. The lowest BCUT2D eigenvalue weighted by Gasteiger charge is -2.05. The molecule has 0 aliphatic heterocycles. The molecule has 0 fully saturated rings. The molecule has 0 radical (unpaired) electrons. The Labute approximate surface area is 86.7 Å². The largest absolute Gasteiger partial charge is 0.492 e. The Hall–Kier alpha value is -2.04. The molecule has 1 aromatic carbocycles. The third-order valence-corrected chi connectivity index (χ3v) is 1.66. The molecule has 0 saturated heterocycles. The van der Waals surface area contributed by atoms with Crippen molar-refractivity contribution in [3.63, 3.8) is 0 Å². The van der Waals surface area contributed by atoms with Gasteiger partial charge in [0.25, 0.3) is 0 Å². The van der Waals surface area contributed by atoms with Crippen LogP contribution in [0.5, 0.6) is 5.75 Å². The van der Waals surface area contributed by atoms with Crippen molar-refractivity contribution in [3.8, 4) is 5.75 Å². The number of hydrogen-bond donors (Lipinski definition) is 2. The van der Waals surface area contributed by atoms with Gasteiger partial charge in [0.05, 0.1) is 6.54 Å². The van der Waals surface area contributed by atoms with Crippen molar-refractivity contribution in [2.75, 3.05) is 13.2 Å². The first-order valence-electron chi connectivity index (χ1n) is 4.37. The summed E-state index contributed by atoms with van der Waals surface area (Å²) in [5.41, 5.74) is 0.575. The van der Waals surface area contributed by atoms with Crippen LogP contribution in [0.1, 0.15) is 10.4 Å². The van der Waals surface area contributed by atoms with E-state index in [0.29, 0.717) is 11.3 Å². The van der Waals surface area contributed by atoms with Gasteiger partial charge in [0, 0.05) is 5.56 Å². The molecule has 5 nitrogen and oxygen atoms in total. The highest BCUT2D eigenvalue weighted by Crippen LogP contribution is 2.10. The van der Waals surface area contributed by atoms with Crippen LogP contribution < -0.4 is 10.1 Å². The summed E-state index contributed by atoms with van der Waals surface area (Å²) in [7, 11) is 0. The van der Waals surface area contributed by atoms with Gasteiger partial charge in [-0.2, -0.15) is 0 Å². The molecule has 0 saturated carbocycles. The minimum atomic E-state index is -1.07. The van der Waals surface area contributed by atoms with Gasteiger partial charge in [0.15, 0.2) is 0 Å². The molecule has 80 valence electrons. The maximum absolute atomic E-state index is 10.3. The summed E-state index contributed by atoms with van der Waals surface area (Å²) >= 11 is 0. The van der Waals surface area contributed by atoms with Crippen molar-refractivity contribution in [2.45, 2.75) is 0 Å². The molecule has 0 aromatic heterocycles. The Morgan fingerprint density at radius 3 is 2.60 bits per heavy atom. The zero-order valence-corrected chi connectivity index (χ0v) is 7.97. The minimum absolute atomic E-state index is 0.227. The molecule has 0 bridgehead atoms. The van der Waals surface area contributed by atoms with Gasteiger partial charge in [-0.25, -0.2) is 4.79 Å². The van der Waals surface area contributed by atoms with E-state index in [0.717, 1.165) is 6.29 Å². The molecule has 1 rings (SSSR count). The summed E-state index contributed by atoms with van der Waals surface area (Å²) in [6.45, 7) is 0.484. The van der Waals surface area contributed by atoms with Gasteiger partial charge >= 0.3 is 6.09 Å². The Morgan fingerprint density at radius 1 is 1.40 bits per heavy atom. The summed E-state index contributed by atoms with van der Waals surface area (Å²) in [6.07, 6.45) is -0.328. The zero-order valence-electron chi connectivity index (χ0n) is 7.97. The van der Waals surface area contributed by atoms with Gasteiger partial charge in [-0.05, 0) is 24.3 Å². The number of carboxylic acid groups (broad SMARTS) is 1. The molecule has 0 aliphatic carbocycles. The standard InChI is InChI=1S/C10H11NO4/c12-7-8-1-3-9(4-2-8)15-6-5-11-10(13)14/h1-4,7,11H,5-6H2,(H,13,14). The normalized spacial score (nSPS) is 9.33. The number of hydrogen-bond acceptors (Lipinski definition) is 3. The van der Waals surface area contributed by atoms with Gasteiger partial charge < -0.3 is 15.2 Å². The molecular formula is C10H11NO4. The van der Waals surface area contributed by atoms with E-state index in [1.807, 2.05) is 0 Å². The second-order valence-corrected chi connectivity index (χ2v) is 2.77. The Morgan fingerprint density at radius 2 is 2.07 bits per heavy atom. The average molecular weight is 209 g/mol. The van der Waals surface area contributed by atoms with Crippen molar-refractivity contribution in [3.05, 3.63) is 29.8 Å². The fourth-order valence-electron chi connectivity index (χ4n) is 0.969. The van der Waals surface area contributed by atoms with E-state index in [-0.39, 0.29) is 13.2 Å². The lowest BCUT2D eigenvalue weighted by Crippen LogP contribution is -2.26. The highest BCUT2D eigenvalue weighted by atomic mass is 16.5. The number of carbonyl (C=O) groups excluding carboxylic acids is 1. The van der Waals surface area contributed by atoms with Crippen LogP contribution in [0.2, 0.25) is 0 Å². The number of carbonyl (C=O) groups is 2. The Balaban J connectivity index is 2.31. The summed E-state index contributed by atoms with van der Waals surface area (Å²) in [4.78, 5) is 20.4. The van der Waals surface area contributed by atoms with Crippen LogP contribution in [0.25, 0.3) is 0 Å². The van der Waals surface area contributed by atoms with Crippen molar-refractivity contribution in [2.24, 2.45) is 0 Å². The summed E-state index contributed by atoms with van der Waals surface area (Å²) in [6, 6.07) is 6.58. The summed E-state index contributed by atoms with van der Waals surface area (Å²) in [5, 5.41) is 10.4. The smallest absolute Gasteiger partial charge is 0.404 e. The topological polar surface area (TPSA) is 75.6 Å². The molecule has 0 spiro atoms. The maximum Gasteiger partial charge on any atom is 0.404 e. The summed E-state index contributed by atoms with van der Waals surface area (Å²) in [5.74, 6) is 0.604. The highest BCUT2D eigenvalue weighted by Gasteiger charge is 1.96. The molecule has 0 heterocycles. The van der Waals surface area contributed by atoms with Crippen LogP contribution in [0.15, 0.2) is 24.3 Å². The lowest BCUT2D eigenvalue weighted by molar-refractivity contribution is 0.112. The molecule has 1 amide bonds. The van der Waals surface area contributed by atoms with E-state index in [4.69, 9.17) is 9.84 Å². The van der Waals surface area contributed by atoms with Crippen molar-refractivity contribution < 1.29 is 19.4 Å². The van der Waals surface area contributed by atoms with E-state index in [1.54, 1.807) is 24.3 Å². The second-order valence-electron chi connectivity index (χ2n) is 2.77. The predicted octanol–water partition coefficient (Wildman–Crippen LogP) is 1.15. The van der Waals surface area contributed by atoms with E-state index in [2.05, 4.69) is 5.32 Å². The number of nitrogens with one attached hydrogen (secondary N) is 1. The van der Waals surface area contributed by atoms with Crippen molar-refractivity contribution in [1.29, 1.82) is 0 Å². The fourth-order valence-corrected chi connectivity index (χ4v) is 0.969. The van der Waals surface area contributed by atoms with Crippen LogP contribution in [-0.4, -0.2) is 30.6 Å². The predicted molar refractivity (Wildman–Crippen MR) is 53.4 cm³/mol. The quantitative estimate of drug-likeness (QED) is 0.563.